The van der Waals surface area contributed by atoms with E-state index in [1.165, 1.54) is 88.6 Å². The van der Waals surface area contributed by atoms with Crippen LogP contribution in [0.5, 0.6) is 0 Å². The van der Waals surface area contributed by atoms with E-state index in [1.54, 1.807) is 0 Å². The number of benzene rings is 7. The number of hydrogen-bond donors (Lipinski definition) is 0. The van der Waals surface area contributed by atoms with Gasteiger partial charge in [-0.15, -0.1) is 0 Å². The molecule has 1 aliphatic carbocycles. The van der Waals surface area contributed by atoms with E-state index in [2.05, 4.69) is 186 Å². The molecule has 1 unspecified atom stereocenters. The fourth-order valence-corrected chi connectivity index (χ4v) is 8.35. The largest absolute Gasteiger partial charge is 0.333 e. The van der Waals surface area contributed by atoms with Crippen molar-refractivity contribution < 1.29 is 0 Å². The highest BCUT2D eigenvalue weighted by atomic mass is 15.2. The van der Waals surface area contributed by atoms with Crippen molar-refractivity contribution in [3.63, 3.8) is 0 Å². The Labute approximate surface area is 298 Å². The summed E-state index contributed by atoms with van der Waals surface area (Å²) in [5.74, 6) is 0. The van der Waals surface area contributed by atoms with Crippen LogP contribution < -0.4 is 4.90 Å². The molecular weight excluding hydrogens is 617 g/mol. The maximum atomic E-state index is 4.54. The lowest BCUT2D eigenvalue weighted by Crippen LogP contribution is -2.27. The quantitative estimate of drug-likeness (QED) is 0.172. The molecule has 0 saturated heterocycles. The Morgan fingerprint density at radius 3 is 1.80 bits per heavy atom. The summed E-state index contributed by atoms with van der Waals surface area (Å²) in [5.41, 5.74) is 14.9. The van der Waals surface area contributed by atoms with Gasteiger partial charge in [-0.1, -0.05) is 140 Å². The van der Waals surface area contributed by atoms with Crippen LogP contribution in [0.4, 0.5) is 11.4 Å². The van der Waals surface area contributed by atoms with Crippen LogP contribution in [0.3, 0.4) is 0 Å². The molecule has 0 saturated carbocycles. The third-order valence-corrected chi connectivity index (χ3v) is 10.6. The second-order valence-corrected chi connectivity index (χ2v) is 13.5. The van der Waals surface area contributed by atoms with E-state index < -0.39 is 0 Å². The molecule has 0 spiro atoms. The molecule has 2 heteroatoms. The molecule has 1 aromatic heterocycles. The van der Waals surface area contributed by atoms with Crippen LogP contribution in [0.15, 0.2) is 188 Å². The summed E-state index contributed by atoms with van der Waals surface area (Å²) >= 11 is 0. The Morgan fingerprint density at radius 2 is 1.08 bits per heavy atom. The monoisotopic (exact) mass is 650 g/mol. The van der Waals surface area contributed by atoms with Gasteiger partial charge in [0.25, 0.3) is 0 Å². The van der Waals surface area contributed by atoms with Gasteiger partial charge in [0, 0.05) is 23.6 Å². The van der Waals surface area contributed by atoms with Crippen LogP contribution in [0.1, 0.15) is 17.5 Å². The van der Waals surface area contributed by atoms with Crippen molar-refractivity contribution in [3.8, 4) is 33.4 Å². The van der Waals surface area contributed by atoms with Crippen molar-refractivity contribution in [2.45, 2.75) is 12.5 Å². The maximum absolute atomic E-state index is 4.54. The minimum atomic E-state index is 0.254. The average molecular weight is 651 g/mol. The fourth-order valence-electron chi connectivity index (χ4n) is 8.35. The normalized spacial score (nSPS) is 15.0. The zero-order valence-corrected chi connectivity index (χ0v) is 28.1. The number of anilines is 2. The molecule has 0 fully saturated rings. The molecule has 0 radical (unpaired) electrons. The van der Waals surface area contributed by atoms with E-state index >= 15 is 0 Å². The predicted molar refractivity (Wildman–Crippen MR) is 215 cm³/mol. The smallest absolute Gasteiger partial charge is 0.0633 e. The van der Waals surface area contributed by atoms with Gasteiger partial charge < -0.3 is 4.90 Å². The summed E-state index contributed by atoms with van der Waals surface area (Å²) in [6.07, 6.45) is 9.67. The Morgan fingerprint density at radius 1 is 0.490 bits per heavy atom. The molecule has 1 atom stereocenters. The molecule has 240 valence electrons. The molecule has 2 aliphatic rings. The highest BCUT2D eigenvalue weighted by Crippen LogP contribution is 2.49. The van der Waals surface area contributed by atoms with Crippen molar-refractivity contribution in [1.29, 1.82) is 0 Å². The van der Waals surface area contributed by atoms with E-state index in [9.17, 15) is 0 Å². The van der Waals surface area contributed by atoms with Gasteiger partial charge in [-0.05, 0) is 114 Å². The van der Waals surface area contributed by atoms with Gasteiger partial charge in [-0.2, -0.15) is 0 Å². The summed E-state index contributed by atoms with van der Waals surface area (Å²) in [6, 6.07) is 59.8. The molecular formula is C49H34N2. The van der Waals surface area contributed by atoms with Crippen LogP contribution in [0.2, 0.25) is 0 Å². The van der Waals surface area contributed by atoms with Crippen molar-refractivity contribution >= 4 is 44.1 Å². The number of hydrogen-bond acceptors (Lipinski definition) is 2. The summed E-state index contributed by atoms with van der Waals surface area (Å²) in [6.45, 7) is 0. The van der Waals surface area contributed by atoms with Crippen LogP contribution in [0.25, 0.3) is 66.1 Å². The fraction of sp³-hybridized carbons (Fsp3) is 0.0408. The standard InChI is InChI=1S/C49H34N2/c1-4-13-33(14-5-1)48-40-21-10-11-22-41(40)49(34-15-6-2-7-16-34)44-31-37(23-25-42(44)48)35-17-12-18-36(29-35)38-24-26-46-43(30-38)45-32-50-28-27-47(45)51(46)39-19-8-3-9-20-39/h1-25,27-32,46H,26H2. The van der Waals surface area contributed by atoms with Crippen LogP contribution >= 0.6 is 0 Å². The topological polar surface area (TPSA) is 16.1 Å². The average Bonchev–Trinajstić information content (AvgIpc) is 3.54. The first kappa shape index (κ1) is 29.4. The Hall–Kier alpha value is -6.51. The van der Waals surface area contributed by atoms with Crippen molar-refractivity contribution in [2.75, 3.05) is 4.90 Å². The molecule has 0 bridgehead atoms. The molecule has 10 rings (SSSR count). The van der Waals surface area contributed by atoms with E-state index in [4.69, 9.17) is 0 Å². The summed E-state index contributed by atoms with van der Waals surface area (Å²) in [5, 5.41) is 5.07. The van der Waals surface area contributed by atoms with Gasteiger partial charge >= 0.3 is 0 Å². The highest BCUT2D eigenvalue weighted by Gasteiger charge is 2.36. The van der Waals surface area contributed by atoms with Gasteiger partial charge in [-0.25, -0.2) is 0 Å². The Bertz CT molecular complexity index is 2650. The first-order valence-electron chi connectivity index (χ1n) is 17.7. The lowest BCUT2D eigenvalue weighted by atomic mass is 9.84. The number of rotatable bonds is 5. The minimum Gasteiger partial charge on any atom is -0.333 e. The zero-order valence-electron chi connectivity index (χ0n) is 28.1. The summed E-state index contributed by atoms with van der Waals surface area (Å²) in [4.78, 5) is 7.01. The number of allylic oxidation sites excluding steroid dienone is 2. The first-order valence-corrected chi connectivity index (χ1v) is 17.7. The van der Waals surface area contributed by atoms with Crippen LogP contribution in [-0.2, 0) is 0 Å². The Balaban J connectivity index is 1.11. The summed E-state index contributed by atoms with van der Waals surface area (Å²) < 4.78 is 0. The van der Waals surface area contributed by atoms with Gasteiger partial charge in [0.05, 0.1) is 11.7 Å². The molecule has 51 heavy (non-hydrogen) atoms. The zero-order chi connectivity index (χ0) is 33.7. The van der Waals surface area contributed by atoms with Gasteiger partial charge in [-0.3, -0.25) is 4.98 Å². The van der Waals surface area contributed by atoms with E-state index in [1.807, 2.05) is 12.4 Å². The second-order valence-electron chi connectivity index (χ2n) is 13.5. The third-order valence-electron chi connectivity index (χ3n) is 10.6. The number of para-hydroxylation sites is 1. The summed E-state index contributed by atoms with van der Waals surface area (Å²) in [7, 11) is 0. The van der Waals surface area contributed by atoms with Crippen molar-refractivity contribution in [1.82, 2.24) is 4.98 Å². The molecule has 7 aromatic carbocycles. The number of aromatic nitrogens is 1. The molecule has 2 heterocycles. The first-order chi connectivity index (χ1) is 25.3. The SMILES string of the molecule is C1=C(c2cccc(-c3ccc4c(-c5ccccc5)c5ccccc5c(-c5ccccc5)c4c3)c2)C=C2c3cnccc3N(c3ccccc3)C2C1. The highest BCUT2D eigenvalue weighted by molar-refractivity contribution is 6.22. The minimum absolute atomic E-state index is 0.254. The number of nitrogens with zero attached hydrogens (tertiary/aromatic N) is 2. The number of fused-ring (bicyclic) bond motifs is 5. The molecule has 0 amide bonds. The van der Waals surface area contributed by atoms with E-state index in [0.29, 0.717) is 0 Å². The van der Waals surface area contributed by atoms with E-state index in [-0.39, 0.29) is 6.04 Å². The predicted octanol–water partition coefficient (Wildman–Crippen LogP) is 12.8. The second kappa shape index (κ2) is 12.1. The Kier molecular flexibility index (Phi) is 6.99. The number of pyridine rings is 1. The van der Waals surface area contributed by atoms with Crippen LogP contribution in [0, 0.1) is 0 Å². The van der Waals surface area contributed by atoms with Crippen molar-refractivity contribution in [2.24, 2.45) is 0 Å². The van der Waals surface area contributed by atoms with Gasteiger partial charge in [0.1, 0.15) is 0 Å². The van der Waals surface area contributed by atoms with Crippen LogP contribution in [-0.4, -0.2) is 11.0 Å². The van der Waals surface area contributed by atoms with Gasteiger partial charge in [0.2, 0.25) is 0 Å². The lowest BCUT2D eigenvalue weighted by molar-refractivity contribution is 0.831. The molecule has 1 aliphatic heterocycles. The van der Waals surface area contributed by atoms with Gasteiger partial charge in [0.15, 0.2) is 0 Å². The van der Waals surface area contributed by atoms with E-state index in [0.717, 1.165) is 6.42 Å². The molecule has 2 nitrogen and oxygen atoms in total. The lowest BCUT2D eigenvalue weighted by Gasteiger charge is -2.29. The molecule has 0 N–H and O–H groups in total. The molecule has 8 aromatic rings. The van der Waals surface area contributed by atoms with Crippen molar-refractivity contribution in [3.05, 3.63) is 199 Å². The maximum Gasteiger partial charge on any atom is 0.0633 e. The third kappa shape index (κ3) is 4.91.